The van der Waals surface area contributed by atoms with Crippen molar-refractivity contribution in [3.63, 3.8) is 0 Å². The van der Waals surface area contributed by atoms with E-state index < -0.39 is 0 Å². The smallest absolute Gasteiger partial charge is 0.227 e. The van der Waals surface area contributed by atoms with E-state index in [2.05, 4.69) is 12.1 Å². The number of nitrogens with two attached hydrogens (primary N) is 1. The van der Waals surface area contributed by atoms with Crippen molar-refractivity contribution in [2.75, 3.05) is 26.2 Å². The van der Waals surface area contributed by atoms with E-state index in [1.54, 1.807) is 0 Å². The Morgan fingerprint density at radius 3 is 2.58 bits per heavy atom. The van der Waals surface area contributed by atoms with E-state index in [4.69, 9.17) is 5.73 Å². The van der Waals surface area contributed by atoms with Gasteiger partial charge in [-0.1, -0.05) is 44.2 Å². The summed E-state index contributed by atoms with van der Waals surface area (Å²) in [6.45, 7) is 6.62. The van der Waals surface area contributed by atoms with Crippen molar-refractivity contribution in [3.8, 4) is 0 Å². The molecule has 2 heterocycles. The molecule has 2 aliphatic rings. The van der Waals surface area contributed by atoms with E-state index in [0.717, 1.165) is 25.8 Å². The molecule has 1 aromatic rings. The molecule has 2 unspecified atom stereocenters. The molecule has 26 heavy (non-hydrogen) atoms. The van der Waals surface area contributed by atoms with Gasteiger partial charge in [-0.05, 0) is 24.8 Å². The third kappa shape index (κ3) is 3.93. The molecule has 0 aromatic heterocycles. The van der Waals surface area contributed by atoms with Crippen LogP contribution in [0.5, 0.6) is 0 Å². The highest BCUT2D eigenvalue weighted by Crippen LogP contribution is 2.29. The molecule has 142 valence electrons. The second-order valence-corrected chi connectivity index (χ2v) is 7.86. The lowest BCUT2D eigenvalue weighted by Gasteiger charge is -2.35. The van der Waals surface area contributed by atoms with Crippen LogP contribution in [0, 0.1) is 11.8 Å². The quantitative estimate of drug-likeness (QED) is 0.898. The first-order chi connectivity index (χ1) is 12.5. The molecule has 1 aromatic carbocycles. The van der Waals surface area contributed by atoms with Gasteiger partial charge in [-0.15, -0.1) is 0 Å². The lowest BCUT2D eigenvalue weighted by molar-refractivity contribution is -0.142. The minimum Gasteiger partial charge on any atom is -0.342 e. The molecule has 4 atom stereocenters. The number of carbonyl (C=O) groups is 2. The van der Waals surface area contributed by atoms with Gasteiger partial charge >= 0.3 is 0 Å². The van der Waals surface area contributed by atoms with Crippen LogP contribution in [-0.2, 0) is 9.59 Å². The first-order valence-corrected chi connectivity index (χ1v) is 9.89. The largest absolute Gasteiger partial charge is 0.342 e. The van der Waals surface area contributed by atoms with Crippen LogP contribution in [0.25, 0.3) is 0 Å². The Hall–Kier alpha value is -1.88. The van der Waals surface area contributed by atoms with Gasteiger partial charge in [0.15, 0.2) is 0 Å². The van der Waals surface area contributed by atoms with E-state index >= 15 is 0 Å². The fraction of sp³-hybridized carbons (Fsp3) is 0.619. The summed E-state index contributed by atoms with van der Waals surface area (Å²) in [6, 6.07) is 10.2. The molecule has 0 radical (unpaired) electrons. The number of likely N-dealkylation sites (tertiary alicyclic amines) is 2. The van der Waals surface area contributed by atoms with Crippen LogP contribution in [0.3, 0.4) is 0 Å². The van der Waals surface area contributed by atoms with Crippen LogP contribution in [0.2, 0.25) is 0 Å². The Labute approximate surface area is 156 Å². The van der Waals surface area contributed by atoms with Crippen molar-refractivity contribution in [3.05, 3.63) is 35.9 Å². The second-order valence-electron chi connectivity index (χ2n) is 7.86. The molecule has 2 saturated heterocycles. The maximum Gasteiger partial charge on any atom is 0.227 e. The summed E-state index contributed by atoms with van der Waals surface area (Å²) in [5.41, 5.74) is 7.55. The average molecular weight is 357 g/mol. The standard InChI is InChI=1S/C21H31N3O2/c1-3-15(2)20(25)23-11-7-10-17(12-23)21(26)24-13-18(19(22)14-24)16-8-5-4-6-9-16/h4-6,8-9,15,17-19H,3,7,10-14,22H2,1-2H3/t15?,17?,18-,19+/m0/s1. The van der Waals surface area contributed by atoms with Crippen LogP contribution in [0.1, 0.15) is 44.6 Å². The summed E-state index contributed by atoms with van der Waals surface area (Å²) in [7, 11) is 0. The number of amides is 2. The Bertz CT molecular complexity index is 633. The number of hydrogen-bond donors (Lipinski definition) is 1. The minimum absolute atomic E-state index is 0.0252. The molecule has 0 aliphatic carbocycles. The third-order valence-electron chi connectivity index (χ3n) is 6.02. The van der Waals surface area contributed by atoms with E-state index in [0.29, 0.717) is 19.6 Å². The highest BCUT2D eigenvalue weighted by atomic mass is 16.2. The van der Waals surface area contributed by atoms with E-state index in [9.17, 15) is 9.59 Å². The lowest BCUT2D eigenvalue weighted by Crippen LogP contribution is -2.47. The fourth-order valence-electron chi connectivity index (χ4n) is 4.19. The van der Waals surface area contributed by atoms with Crippen LogP contribution < -0.4 is 5.73 Å². The summed E-state index contributed by atoms with van der Waals surface area (Å²) >= 11 is 0. The highest BCUT2D eigenvalue weighted by Gasteiger charge is 2.38. The van der Waals surface area contributed by atoms with Crippen molar-refractivity contribution < 1.29 is 9.59 Å². The van der Waals surface area contributed by atoms with Gasteiger partial charge in [0.1, 0.15) is 0 Å². The van der Waals surface area contributed by atoms with Crippen molar-refractivity contribution in [1.29, 1.82) is 0 Å². The molecule has 5 heteroatoms. The van der Waals surface area contributed by atoms with E-state index in [-0.39, 0.29) is 35.6 Å². The van der Waals surface area contributed by atoms with Gasteiger partial charge in [-0.25, -0.2) is 0 Å². The maximum atomic E-state index is 13.1. The van der Waals surface area contributed by atoms with Crippen molar-refractivity contribution in [2.24, 2.45) is 17.6 Å². The van der Waals surface area contributed by atoms with E-state index in [1.807, 2.05) is 41.8 Å². The molecule has 2 aliphatic heterocycles. The number of carbonyl (C=O) groups excluding carboxylic acids is 2. The zero-order valence-electron chi connectivity index (χ0n) is 15.9. The van der Waals surface area contributed by atoms with Gasteiger partial charge in [0.05, 0.1) is 5.92 Å². The topological polar surface area (TPSA) is 66.6 Å². The molecule has 0 saturated carbocycles. The van der Waals surface area contributed by atoms with Crippen LogP contribution >= 0.6 is 0 Å². The highest BCUT2D eigenvalue weighted by molar-refractivity contribution is 5.82. The third-order valence-corrected chi connectivity index (χ3v) is 6.02. The summed E-state index contributed by atoms with van der Waals surface area (Å²) in [6.07, 6.45) is 2.61. The van der Waals surface area contributed by atoms with Gasteiger partial charge in [0.25, 0.3) is 0 Å². The number of piperidine rings is 1. The summed E-state index contributed by atoms with van der Waals surface area (Å²) in [4.78, 5) is 29.4. The average Bonchev–Trinajstić information content (AvgIpc) is 3.08. The van der Waals surface area contributed by atoms with Crippen LogP contribution in [0.4, 0.5) is 0 Å². The molecule has 2 fully saturated rings. The monoisotopic (exact) mass is 357 g/mol. The SMILES string of the molecule is CCC(C)C(=O)N1CCCC(C(=O)N2C[C@@H](N)[C@H](c3ccccc3)C2)C1. The van der Waals surface area contributed by atoms with Gasteiger partial charge in [-0.2, -0.15) is 0 Å². The Kier molecular flexibility index (Phi) is 5.97. The van der Waals surface area contributed by atoms with Crippen molar-refractivity contribution in [2.45, 2.75) is 45.1 Å². The van der Waals surface area contributed by atoms with Crippen molar-refractivity contribution >= 4 is 11.8 Å². The zero-order valence-corrected chi connectivity index (χ0v) is 15.9. The summed E-state index contributed by atoms with van der Waals surface area (Å²) in [5.74, 6) is 0.498. The second kappa shape index (κ2) is 8.21. The normalized spacial score (nSPS) is 27.4. The van der Waals surface area contributed by atoms with Gasteiger partial charge in [0, 0.05) is 44.1 Å². The Morgan fingerprint density at radius 1 is 1.15 bits per heavy atom. The predicted octanol–water partition coefficient (Wildman–Crippen LogP) is 2.22. The lowest BCUT2D eigenvalue weighted by atomic mass is 9.94. The molecule has 2 N–H and O–H groups in total. The predicted molar refractivity (Wildman–Crippen MR) is 102 cm³/mol. The molecular formula is C21H31N3O2. The van der Waals surface area contributed by atoms with E-state index in [1.165, 1.54) is 5.56 Å². The number of rotatable bonds is 4. The Balaban J connectivity index is 1.63. The molecule has 3 rings (SSSR count). The molecule has 5 nitrogen and oxygen atoms in total. The minimum atomic E-state index is -0.0847. The van der Waals surface area contributed by atoms with Crippen LogP contribution in [0.15, 0.2) is 30.3 Å². The number of benzene rings is 1. The van der Waals surface area contributed by atoms with Gasteiger partial charge in [0.2, 0.25) is 11.8 Å². The molecule has 0 bridgehead atoms. The summed E-state index contributed by atoms with van der Waals surface area (Å²) < 4.78 is 0. The number of nitrogens with zero attached hydrogens (tertiary/aromatic N) is 2. The molecule has 0 spiro atoms. The van der Waals surface area contributed by atoms with Crippen molar-refractivity contribution in [1.82, 2.24) is 9.80 Å². The van der Waals surface area contributed by atoms with Gasteiger partial charge < -0.3 is 15.5 Å². The fourth-order valence-corrected chi connectivity index (χ4v) is 4.19. The zero-order chi connectivity index (χ0) is 18.7. The van der Waals surface area contributed by atoms with Crippen LogP contribution in [-0.4, -0.2) is 53.8 Å². The molecular weight excluding hydrogens is 326 g/mol. The summed E-state index contributed by atoms with van der Waals surface area (Å²) in [5, 5.41) is 0. The first-order valence-electron chi connectivity index (χ1n) is 9.89. The molecule has 2 amide bonds. The Morgan fingerprint density at radius 2 is 1.88 bits per heavy atom. The first kappa shape index (κ1) is 18.9. The van der Waals surface area contributed by atoms with Gasteiger partial charge in [-0.3, -0.25) is 9.59 Å². The number of hydrogen-bond acceptors (Lipinski definition) is 3. The maximum absolute atomic E-state index is 13.1.